The Morgan fingerprint density at radius 3 is 2.61 bits per heavy atom. The van der Waals surface area contributed by atoms with Crippen LogP contribution in [0.25, 0.3) is 6.08 Å². The molecule has 0 aromatic heterocycles. The molecule has 1 aromatic rings. The van der Waals surface area contributed by atoms with E-state index in [1.54, 1.807) is 13.0 Å². The second-order valence-electron chi connectivity index (χ2n) is 6.35. The van der Waals surface area contributed by atoms with Gasteiger partial charge in [-0.3, -0.25) is 0 Å². The second kappa shape index (κ2) is 8.56. The normalized spacial score (nSPS) is 11.0. The minimum atomic E-state index is -0.640. The molecule has 0 radical (unpaired) electrons. The maximum absolute atomic E-state index is 11.8. The Hall–Kier alpha value is -2.03. The molecule has 0 aliphatic rings. The van der Waals surface area contributed by atoms with Crippen LogP contribution in [0.3, 0.4) is 0 Å². The van der Waals surface area contributed by atoms with Gasteiger partial charge in [0.25, 0.3) is 0 Å². The molecule has 0 amide bonds. The van der Waals surface area contributed by atoms with Gasteiger partial charge in [0.05, 0.1) is 6.61 Å². The van der Waals surface area contributed by atoms with Gasteiger partial charge >= 0.3 is 5.97 Å². The van der Waals surface area contributed by atoms with Gasteiger partial charge < -0.3 is 9.47 Å². The minimum Gasteiger partial charge on any atom is -0.493 e. The molecule has 0 spiro atoms. The molecule has 0 saturated carbocycles. The summed E-state index contributed by atoms with van der Waals surface area (Å²) in [6.07, 6.45) is 4.43. The molecule has 3 nitrogen and oxygen atoms in total. The summed E-state index contributed by atoms with van der Waals surface area (Å²) in [5.41, 5.74) is 1.73. The van der Waals surface area contributed by atoms with Crippen molar-refractivity contribution in [3.05, 3.63) is 48.1 Å². The predicted molar refractivity (Wildman–Crippen MR) is 95.6 cm³/mol. The number of rotatable bonds is 9. The first-order valence-electron chi connectivity index (χ1n) is 8.06. The van der Waals surface area contributed by atoms with Crippen LogP contribution in [0.2, 0.25) is 0 Å². The standard InChI is InChI=1S/C20H28O3/c1-7-9-13-22-18-16(8-2)11-10-12-17(18)14-20(5,6)23-19(21)15(3)4/h8,10-12H,2-3,7,9,13-14H2,1,4-6H3. The molecular weight excluding hydrogens is 288 g/mol. The number of ether oxygens (including phenoxy) is 2. The molecule has 126 valence electrons. The van der Waals surface area contributed by atoms with Crippen LogP contribution in [0, 0.1) is 0 Å². The Morgan fingerprint density at radius 2 is 2.04 bits per heavy atom. The Labute approximate surface area is 140 Å². The third kappa shape index (κ3) is 5.93. The summed E-state index contributed by atoms with van der Waals surface area (Å²) in [4.78, 5) is 11.8. The van der Waals surface area contributed by atoms with Crippen molar-refractivity contribution in [3.63, 3.8) is 0 Å². The second-order valence-corrected chi connectivity index (χ2v) is 6.35. The molecule has 3 heteroatoms. The zero-order valence-electron chi connectivity index (χ0n) is 14.8. The number of carbonyl (C=O) groups is 1. The molecule has 0 unspecified atom stereocenters. The number of benzene rings is 1. The van der Waals surface area contributed by atoms with E-state index in [1.165, 1.54) is 0 Å². The zero-order valence-corrected chi connectivity index (χ0v) is 14.8. The first kappa shape index (κ1) is 19.0. The van der Waals surface area contributed by atoms with Crippen molar-refractivity contribution in [2.24, 2.45) is 0 Å². The monoisotopic (exact) mass is 316 g/mol. The van der Waals surface area contributed by atoms with Crippen molar-refractivity contribution in [2.45, 2.75) is 52.6 Å². The molecule has 23 heavy (non-hydrogen) atoms. The summed E-state index contributed by atoms with van der Waals surface area (Å²) < 4.78 is 11.5. The topological polar surface area (TPSA) is 35.5 Å². The third-order valence-corrected chi connectivity index (χ3v) is 3.42. The molecule has 0 atom stereocenters. The van der Waals surface area contributed by atoms with Crippen molar-refractivity contribution >= 4 is 12.0 Å². The van der Waals surface area contributed by atoms with Crippen LogP contribution in [-0.4, -0.2) is 18.2 Å². The number of carbonyl (C=O) groups excluding carboxylic acids is 1. The van der Waals surface area contributed by atoms with Crippen molar-refractivity contribution in [1.29, 1.82) is 0 Å². The number of hydrogen-bond donors (Lipinski definition) is 0. The molecule has 0 fully saturated rings. The van der Waals surface area contributed by atoms with Crippen LogP contribution in [0.4, 0.5) is 0 Å². The first-order chi connectivity index (χ1) is 10.8. The highest BCUT2D eigenvalue weighted by Gasteiger charge is 2.25. The Balaban J connectivity index is 2.99. The zero-order chi connectivity index (χ0) is 17.5. The van der Waals surface area contributed by atoms with Gasteiger partial charge in [0.1, 0.15) is 11.4 Å². The lowest BCUT2D eigenvalue weighted by molar-refractivity contribution is -0.151. The molecule has 0 bridgehead atoms. The molecule has 0 N–H and O–H groups in total. The van der Waals surface area contributed by atoms with Gasteiger partial charge in [0, 0.05) is 17.6 Å². The number of unbranched alkanes of at least 4 members (excludes halogenated alkanes) is 1. The number of hydrogen-bond acceptors (Lipinski definition) is 3. The lowest BCUT2D eigenvalue weighted by Crippen LogP contribution is -2.31. The SMILES string of the molecule is C=Cc1cccc(CC(C)(C)OC(=O)C(=C)C)c1OCCCC. The summed E-state index contributed by atoms with van der Waals surface area (Å²) in [6, 6.07) is 5.95. The van der Waals surface area contributed by atoms with E-state index < -0.39 is 5.60 Å². The maximum Gasteiger partial charge on any atom is 0.333 e. The number of para-hydroxylation sites is 1. The Morgan fingerprint density at radius 1 is 1.35 bits per heavy atom. The van der Waals surface area contributed by atoms with E-state index in [9.17, 15) is 4.79 Å². The van der Waals surface area contributed by atoms with Gasteiger partial charge in [-0.2, -0.15) is 0 Å². The largest absolute Gasteiger partial charge is 0.493 e. The molecule has 0 heterocycles. The van der Waals surface area contributed by atoms with E-state index >= 15 is 0 Å². The lowest BCUT2D eigenvalue weighted by Gasteiger charge is -2.27. The van der Waals surface area contributed by atoms with E-state index in [1.807, 2.05) is 32.0 Å². The van der Waals surface area contributed by atoms with Crippen LogP contribution in [0.15, 0.2) is 36.9 Å². The van der Waals surface area contributed by atoms with Gasteiger partial charge in [0.15, 0.2) is 0 Å². The maximum atomic E-state index is 11.8. The van der Waals surface area contributed by atoms with Gasteiger partial charge in [0.2, 0.25) is 0 Å². The highest BCUT2D eigenvalue weighted by Crippen LogP contribution is 2.30. The third-order valence-electron chi connectivity index (χ3n) is 3.42. The summed E-state index contributed by atoms with van der Waals surface area (Å²) >= 11 is 0. The highest BCUT2D eigenvalue weighted by atomic mass is 16.6. The quantitative estimate of drug-likeness (QED) is 0.367. The van der Waals surface area contributed by atoms with Crippen LogP contribution in [0.5, 0.6) is 5.75 Å². The first-order valence-corrected chi connectivity index (χ1v) is 8.06. The molecule has 1 rings (SSSR count). The molecular formula is C20H28O3. The van der Waals surface area contributed by atoms with Crippen molar-refractivity contribution in [1.82, 2.24) is 0 Å². The van der Waals surface area contributed by atoms with Crippen LogP contribution in [-0.2, 0) is 16.0 Å². The fourth-order valence-corrected chi connectivity index (χ4v) is 2.23. The van der Waals surface area contributed by atoms with E-state index in [2.05, 4.69) is 20.1 Å². The average molecular weight is 316 g/mol. The Bertz CT molecular complexity index is 570. The summed E-state index contributed by atoms with van der Waals surface area (Å²) in [5.74, 6) is 0.457. The van der Waals surface area contributed by atoms with Gasteiger partial charge in [-0.25, -0.2) is 4.79 Å². The number of esters is 1. The molecule has 0 aliphatic heterocycles. The molecule has 1 aromatic carbocycles. The molecule has 0 saturated heterocycles. The van der Waals surface area contributed by atoms with Crippen LogP contribution < -0.4 is 4.74 Å². The van der Waals surface area contributed by atoms with Crippen molar-refractivity contribution in [3.8, 4) is 5.75 Å². The van der Waals surface area contributed by atoms with E-state index in [4.69, 9.17) is 9.47 Å². The van der Waals surface area contributed by atoms with Crippen LogP contribution in [0.1, 0.15) is 51.7 Å². The average Bonchev–Trinajstić information content (AvgIpc) is 2.47. The van der Waals surface area contributed by atoms with E-state index in [0.717, 1.165) is 29.7 Å². The minimum absolute atomic E-state index is 0.372. The molecule has 0 aliphatic carbocycles. The van der Waals surface area contributed by atoms with Crippen LogP contribution >= 0.6 is 0 Å². The smallest absolute Gasteiger partial charge is 0.333 e. The highest BCUT2D eigenvalue weighted by molar-refractivity contribution is 5.87. The van der Waals surface area contributed by atoms with Crippen molar-refractivity contribution in [2.75, 3.05) is 6.61 Å². The van der Waals surface area contributed by atoms with Crippen molar-refractivity contribution < 1.29 is 14.3 Å². The van der Waals surface area contributed by atoms with E-state index in [0.29, 0.717) is 18.6 Å². The fourth-order valence-electron chi connectivity index (χ4n) is 2.23. The van der Waals surface area contributed by atoms with Gasteiger partial charge in [-0.05, 0) is 32.8 Å². The van der Waals surface area contributed by atoms with Gasteiger partial charge in [-0.15, -0.1) is 0 Å². The van der Waals surface area contributed by atoms with Gasteiger partial charge in [-0.1, -0.05) is 50.8 Å². The fraction of sp³-hybridized carbons (Fsp3) is 0.450. The summed E-state index contributed by atoms with van der Waals surface area (Å²) in [7, 11) is 0. The summed E-state index contributed by atoms with van der Waals surface area (Å²) in [5, 5.41) is 0. The Kier molecular flexibility index (Phi) is 7.08. The predicted octanol–water partition coefficient (Wildman–Crippen LogP) is 4.95. The summed E-state index contributed by atoms with van der Waals surface area (Å²) in [6.45, 7) is 15.7. The van der Waals surface area contributed by atoms with E-state index in [-0.39, 0.29) is 5.97 Å². The lowest BCUT2D eigenvalue weighted by atomic mass is 9.95.